The van der Waals surface area contributed by atoms with Crippen LogP contribution >= 0.6 is 0 Å². The molecule has 21 heavy (non-hydrogen) atoms. The summed E-state index contributed by atoms with van der Waals surface area (Å²) in [5.41, 5.74) is 8.11. The smallest absolute Gasteiger partial charge is 0.197 e. The number of fused-ring (bicyclic) bond motifs is 2. The molecule has 0 saturated heterocycles. The molecule has 3 rings (SSSR count). The van der Waals surface area contributed by atoms with Gasteiger partial charge in [0, 0.05) is 17.8 Å². The van der Waals surface area contributed by atoms with Crippen molar-refractivity contribution < 1.29 is 0 Å². The molecule has 2 nitrogen and oxygen atoms in total. The van der Waals surface area contributed by atoms with E-state index >= 15 is 0 Å². The molecule has 0 fully saturated rings. The standard InChI is InChI=1S/C19H21NO/c1-10-8-7-9-15-16(10)19(21)17-13(4)11(2)12(3)14(5)18(17)20(15)6/h7-9H,1-6H3. The van der Waals surface area contributed by atoms with E-state index in [1.54, 1.807) is 0 Å². The third-order valence-electron chi connectivity index (χ3n) is 5.06. The van der Waals surface area contributed by atoms with E-state index in [0.717, 1.165) is 32.9 Å². The summed E-state index contributed by atoms with van der Waals surface area (Å²) in [4.78, 5) is 13.1. The van der Waals surface area contributed by atoms with Gasteiger partial charge in [-0.25, -0.2) is 0 Å². The third kappa shape index (κ3) is 1.68. The number of aromatic nitrogens is 1. The molecule has 3 aromatic rings. The molecule has 2 aromatic carbocycles. The second-order valence-corrected chi connectivity index (χ2v) is 6.08. The quantitative estimate of drug-likeness (QED) is 0.564. The highest BCUT2D eigenvalue weighted by Gasteiger charge is 2.17. The van der Waals surface area contributed by atoms with Crippen molar-refractivity contribution in [3.8, 4) is 0 Å². The number of rotatable bonds is 0. The Kier molecular flexibility index (Phi) is 2.94. The largest absolute Gasteiger partial charge is 0.343 e. The third-order valence-corrected chi connectivity index (χ3v) is 5.06. The molecular formula is C19H21NO. The molecule has 108 valence electrons. The van der Waals surface area contributed by atoms with Crippen LogP contribution in [0.25, 0.3) is 21.8 Å². The predicted octanol–water partition coefficient (Wildman–Crippen LogP) is 4.23. The van der Waals surface area contributed by atoms with Gasteiger partial charge in [-0.2, -0.15) is 0 Å². The van der Waals surface area contributed by atoms with Crippen molar-refractivity contribution in [1.82, 2.24) is 4.57 Å². The minimum atomic E-state index is 0.167. The van der Waals surface area contributed by atoms with E-state index in [0.29, 0.717) is 0 Å². The maximum absolute atomic E-state index is 13.1. The fourth-order valence-corrected chi connectivity index (χ4v) is 3.46. The first-order valence-corrected chi connectivity index (χ1v) is 7.34. The van der Waals surface area contributed by atoms with Gasteiger partial charge in [0.1, 0.15) is 0 Å². The number of pyridine rings is 1. The van der Waals surface area contributed by atoms with Crippen LogP contribution in [0.3, 0.4) is 0 Å². The van der Waals surface area contributed by atoms with Gasteiger partial charge in [-0.1, -0.05) is 12.1 Å². The maximum atomic E-state index is 13.1. The van der Waals surface area contributed by atoms with Crippen LogP contribution in [0.5, 0.6) is 0 Å². The summed E-state index contributed by atoms with van der Waals surface area (Å²) in [6.45, 7) is 10.4. The molecule has 0 N–H and O–H groups in total. The average Bonchev–Trinajstić information content (AvgIpc) is 2.46. The van der Waals surface area contributed by atoms with Crippen molar-refractivity contribution in [2.75, 3.05) is 0 Å². The van der Waals surface area contributed by atoms with Crippen LogP contribution in [0.2, 0.25) is 0 Å². The number of hydrogen-bond acceptors (Lipinski definition) is 1. The van der Waals surface area contributed by atoms with Crippen molar-refractivity contribution in [3.63, 3.8) is 0 Å². The van der Waals surface area contributed by atoms with Crippen LogP contribution in [0.4, 0.5) is 0 Å². The fourth-order valence-electron chi connectivity index (χ4n) is 3.46. The van der Waals surface area contributed by atoms with Crippen LogP contribution < -0.4 is 5.43 Å². The van der Waals surface area contributed by atoms with Crippen LogP contribution in [-0.4, -0.2) is 4.57 Å². The molecule has 0 atom stereocenters. The Labute approximate surface area is 125 Å². The molecule has 2 heteroatoms. The van der Waals surface area contributed by atoms with E-state index in [-0.39, 0.29) is 5.43 Å². The van der Waals surface area contributed by atoms with Gasteiger partial charge in [-0.3, -0.25) is 4.79 Å². The first-order valence-electron chi connectivity index (χ1n) is 7.34. The van der Waals surface area contributed by atoms with Crippen molar-refractivity contribution in [1.29, 1.82) is 0 Å². The molecule has 0 spiro atoms. The lowest BCUT2D eigenvalue weighted by atomic mass is 9.92. The number of nitrogens with zero attached hydrogens (tertiary/aromatic N) is 1. The second-order valence-electron chi connectivity index (χ2n) is 6.08. The zero-order valence-corrected chi connectivity index (χ0v) is 13.6. The minimum absolute atomic E-state index is 0.167. The van der Waals surface area contributed by atoms with E-state index in [1.807, 2.05) is 25.1 Å². The molecule has 0 aliphatic rings. The molecular weight excluding hydrogens is 258 g/mol. The normalized spacial score (nSPS) is 11.5. The average molecular weight is 279 g/mol. The second kappa shape index (κ2) is 4.45. The first-order chi connectivity index (χ1) is 9.86. The summed E-state index contributed by atoms with van der Waals surface area (Å²) in [7, 11) is 2.06. The highest BCUT2D eigenvalue weighted by Crippen LogP contribution is 2.29. The van der Waals surface area contributed by atoms with Crippen molar-refractivity contribution in [2.24, 2.45) is 7.05 Å². The fraction of sp³-hybridized carbons (Fsp3) is 0.316. The molecule has 0 unspecified atom stereocenters. The van der Waals surface area contributed by atoms with E-state index in [2.05, 4.69) is 39.3 Å². The summed E-state index contributed by atoms with van der Waals surface area (Å²) in [6.07, 6.45) is 0. The SMILES string of the molecule is Cc1c(C)c(C)c2c(c1C)c(=O)c1c(C)cccc1n2C. The van der Waals surface area contributed by atoms with E-state index in [1.165, 1.54) is 16.7 Å². The van der Waals surface area contributed by atoms with Gasteiger partial charge in [0.05, 0.1) is 11.0 Å². The molecule has 0 bridgehead atoms. The zero-order valence-electron chi connectivity index (χ0n) is 13.6. The topological polar surface area (TPSA) is 22.0 Å². The summed E-state index contributed by atoms with van der Waals surface area (Å²) in [5, 5.41) is 1.72. The summed E-state index contributed by atoms with van der Waals surface area (Å²) in [5.74, 6) is 0. The Morgan fingerprint density at radius 3 is 2.10 bits per heavy atom. The van der Waals surface area contributed by atoms with E-state index < -0.39 is 0 Å². The van der Waals surface area contributed by atoms with Crippen LogP contribution in [0, 0.1) is 34.6 Å². The summed E-state index contributed by atoms with van der Waals surface area (Å²) in [6, 6.07) is 6.07. The lowest BCUT2D eigenvalue weighted by Crippen LogP contribution is -2.14. The minimum Gasteiger partial charge on any atom is -0.343 e. The van der Waals surface area contributed by atoms with Gasteiger partial charge < -0.3 is 4.57 Å². The van der Waals surface area contributed by atoms with Gasteiger partial charge >= 0.3 is 0 Å². The van der Waals surface area contributed by atoms with Crippen LogP contribution in [0.15, 0.2) is 23.0 Å². The van der Waals surface area contributed by atoms with Gasteiger partial charge in [-0.15, -0.1) is 0 Å². The Balaban J connectivity index is 2.80. The molecule has 1 aromatic heterocycles. The summed E-state index contributed by atoms with van der Waals surface area (Å²) < 4.78 is 2.17. The highest BCUT2D eigenvalue weighted by molar-refractivity contribution is 5.98. The summed E-state index contributed by atoms with van der Waals surface area (Å²) >= 11 is 0. The monoisotopic (exact) mass is 279 g/mol. The van der Waals surface area contributed by atoms with Crippen LogP contribution in [-0.2, 0) is 7.05 Å². The molecule has 0 saturated carbocycles. The van der Waals surface area contributed by atoms with Crippen molar-refractivity contribution >= 4 is 21.8 Å². The van der Waals surface area contributed by atoms with Gasteiger partial charge in [-0.05, 0) is 68.5 Å². The van der Waals surface area contributed by atoms with Gasteiger partial charge in [0.15, 0.2) is 5.43 Å². The Hall–Kier alpha value is -2.09. The van der Waals surface area contributed by atoms with Gasteiger partial charge in [0.2, 0.25) is 0 Å². The lowest BCUT2D eigenvalue weighted by Gasteiger charge is -2.19. The first kappa shape index (κ1) is 13.9. The van der Waals surface area contributed by atoms with E-state index in [4.69, 9.17) is 0 Å². The molecule has 0 aliphatic heterocycles. The number of aryl methyl sites for hydroxylation is 4. The predicted molar refractivity (Wildman–Crippen MR) is 90.4 cm³/mol. The van der Waals surface area contributed by atoms with E-state index in [9.17, 15) is 4.79 Å². The lowest BCUT2D eigenvalue weighted by molar-refractivity contribution is 0.989. The zero-order chi connectivity index (χ0) is 15.5. The molecule has 0 radical (unpaired) electrons. The molecule has 0 amide bonds. The highest BCUT2D eigenvalue weighted by atomic mass is 16.1. The number of hydrogen-bond donors (Lipinski definition) is 0. The number of benzene rings is 2. The Morgan fingerprint density at radius 2 is 1.43 bits per heavy atom. The van der Waals surface area contributed by atoms with Crippen molar-refractivity contribution in [2.45, 2.75) is 34.6 Å². The van der Waals surface area contributed by atoms with Crippen LogP contribution in [0.1, 0.15) is 27.8 Å². The molecule has 0 aliphatic carbocycles. The Bertz CT molecular complexity index is 961. The maximum Gasteiger partial charge on any atom is 0.197 e. The Morgan fingerprint density at radius 1 is 0.810 bits per heavy atom. The molecule has 1 heterocycles. The van der Waals surface area contributed by atoms with Crippen molar-refractivity contribution in [3.05, 3.63) is 56.2 Å². The van der Waals surface area contributed by atoms with Gasteiger partial charge in [0.25, 0.3) is 0 Å².